The van der Waals surface area contributed by atoms with Crippen molar-refractivity contribution < 1.29 is 14.3 Å². The molecule has 1 aliphatic rings. The molecule has 0 bridgehead atoms. The molecule has 1 atom stereocenters. The summed E-state index contributed by atoms with van der Waals surface area (Å²) in [5, 5.41) is 7.41. The molecule has 1 aliphatic heterocycles. The van der Waals surface area contributed by atoms with Gasteiger partial charge in [0.2, 0.25) is 0 Å². The van der Waals surface area contributed by atoms with Gasteiger partial charge in [0.1, 0.15) is 12.3 Å². The topological polar surface area (TPSA) is 73.2 Å². The molecule has 2 aromatic rings. The maximum Gasteiger partial charge on any atom is 0.262 e. The zero-order valence-corrected chi connectivity index (χ0v) is 9.71. The summed E-state index contributed by atoms with van der Waals surface area (Å²) in [6, 6.07) is 7.57. The number of carbonyl (C=O) groups is 2. The average molecular weight is 245 g/mol. The van der Waals surface area contributed by atoms with E-state index in [9.17, 15) is 9.59 Å². The van der Waals surface area contributed by atoms with E-state index in [0.29, 0.717) is 5.69 Å². The molecule has 0 aliphatic carbocycles. The van der Waals surface area contributed by atoms with Crippen LogP contribution in [-0.2, 0) is 21.4 Å². The van der Waals surface area contributed by atoms with Crippen LogP contribution in [-0.4, -0.2) is 28.2 Å². The summed E-state index contributed by atoms with van der Waals surface area (Å²) < 4.78 is 6.96. The Kier molecular flexibility index (Phi) is 2.38. The molecule has 1 N–H and O–H groups in total. The average Bonchev–Trinajstić information content (AvgIpc) is 2.68. The molecule has 2 amide bonds. The van der Waals surface area contributed by atoms with Crippen LogP contribution >= 0.6 is 0 Å². The second-order valence-electron chi connectivity index (χ2n) is 4.13. The van der Waals surface area contributed by atoms with Gasteiger partial charge in [-0.25, -0.2) is 0 Å². The minimum Gasteiger partial charge on any atom is -0.352 e. The lowest BCUT2D eigenvalue weighted by Crippen LogP contribution is -2.43. The Morgan fingerprint density at radius 2 is 2.17 bits per heavy atom. The first-order chi connectivity index (χ1) is 8.66. The molecular formula is C12H11N3O3. The number of hydrogen-bond acceptors (Lipinski definition) is 4. The van der Waals surface area contributed by atoms with E-state index >= 15 is 0 Å². The van der Waals surface area contributed by atoms with Gasteiger partial charge >= 0.3 is 0 Å². The van der Waals surface area contributed by atoms with Gasteiger partial charge in [-0.1, -0.05) is 18.2 Å². The van der Waals surface area contributed by atoms with Crippen molar-refractivity contribution >= 4 is 22.7 Å². The summed E-state index contributed by atoms with van der Waals surface area (Å²) >= 11 is 0. The molecule has 92 valence electrons. The predicted octanol–water partition coefficient (Wildman–Crippen LogP) is 0.287. The molecule has 6 heteroatoms. The van der Waals surface area contributed by atoms with Crippen molar-refractivity contribution in [2.24, 2.45) is 7.05 Å². The number of aromatic nitrogens is 2. The molecule has 1 saturated heterocycles. The van der Waals surface area contributed by atoms with Crippen molar-refractivity contribution in [2.75, 3.05) is 6.61 Å². The van der Waals surface area contributed by atoms with E-state index < -0.39 is 17.9 Å². The Bertz CT molecular complexity index is 647. The first-order valence-corrected chi connectivity index (χ1v) is 5.54. The van der Waals surface area contributed by atoms with Crippen molar-refractivity contribution in [1.82, 2.24) is 15.1 Å². The number of para-hydroxylation sites is 1. The number of aryl methyl sites for hydroxylation is 1. The van der Waals surface area contributed by atoms with Crippen LogP contribution in [0, 0.1) is 0 Å². The lowest BCUT2D eigenvalue weighted by molar-refractivity contribution is -0.150. The first-order valence-electron chi connectivity index (χ1n) is 5.54. The maximum absolute atomic E-state index is 11.8. The molecule has 0 spiro atoms. The van der Waals surface area contributed by atoms with Crippen LogP contribution in [0.1, 0.15) is 11.8 Å². The van der Waals surface area contributed by atoms with E-state index in [4.69, 9.17) is 4.74 Å². The van der Waals surface area contributed by atoms with E-state index in [1.807, 2.05) is 24.3 Å². The standard InChI is InChI=1S/C12H11N3O3/c1-15-8-5-3-2-4-7(8)10(14-15)11-12(17)13-9(16)6-18-11/h2-5,11H,6H2,1H3,(H,13,16,17). The van der Waals surface area contributed by atoms with Crippen molar-refractivity contribution in [3.05, 3.63) is 30.0 Å². The van der Waals surface area contributed by atoms with Crippen LogP contribution in [0.25, 0.3) is 10.9 Å². The molecule has 18 heavy (non-hydrogen) atoms. The number of benzene rings is 1. The Hall–Kier alpha value is -2.21. The summed E-state index contributed by atoms with van der Waals surface area (Å²) in [5.74, 6) is -0.883. The van der Waals surface area contributed by atoms with Crippen LogP contribution in [0.2, 0.25) is 0 Å². The smallest absolute Gasteiger partial charge is 0.262 e. The molecule has 1 fully saturated rings. The van der Waals surface area contributed by atoms with Crippen LogP contribution in [0.4, 0.5) is 0 Å². The lowest BCUT2D eigenvalue weighted by Gasteiger charge is -2.20. The number of carbonyl (C=O) groups excluding carboxylic acids is 2. The molecule has 1 aromatic heterocycles. The molecule has 3 rings (SSSR count). The fourth-order valence-corrected chi connectivity index (χ4v) is 2.11. The zero-order chi connectivity index (χ0) is 12.7. The fraction of sp³-hybridized carbons (Fsp3) is 0.250. The number of ether oxygens (including phenoxy) is 1. The van der Waals surface area contributed by atoms with Crippen molar-refractivity contribution in [1.29, 1.82) is 0 Å². The van der Waals surface area contributed by atoms with E-state index in [2.05, 4.69) is 10.4 Å². The van der Waals surface area contributed by atoms with E-state index in [0.717, 1.165) is 10.9 Å². The normalized spacial score (nSPS) is 20.2. The minimum absolute atomic E-state index is 0.124. The second kappa shape index (κ2) is 3.92. The highest BCUT2D eigenvalue weighted by atomic mass is 16.5. The summed E-state index contributed by atoms with van der Waals surface area (Å²) in [4.78, 5) is 22.8. The van der Waals surface area contributed by atoms with Crippen LogP contribution in [0.5, 0.6) is 0 Å². The summed E-state index contributed by atoms with van der Waals surface area (Å²) in [7, 11) is 1.80. The Labute approximate surface area is 103 Å². The SMILES string of the molecule is Cn1nc(C2OCC(=O)NC2=O)c2ccccc21. The number of nitrogens with zero attached hydrogens (tertiary/aromatic N) is 2. The number of amides is 2. The van der Waals surface area contributed by atoms with Gasteiger partial charge in [-0.05, 0) is 6.07 Å². The molecule has 0 radical (unpaired) electrons. The van der Waals surface area contributed by atoms with E-state index in [1.165, 1.54) is 0 Å². The van der Waals surface area contributed by atoms with Gasteiger partial charge in [-0.3, -0.25) is 19.6 Å². The van der Waals surface area contributed by atoms with Crippen molar-refractivity contribution in [2.45, 2.75) is 6.10 Å². The van der Waals surface area contributed by atoms with Crippen molar-refractivity contribution in [3.8, 4) is 0 Å². The Balaban J connectivity index is 2.09. The number of nitrogens with one attached hydrogen (secondary N) is 1. The number of hydrogen-bond donors (Lipinski definition) is 1. The molecule has 1 unspecified atom stereocenters. The molecule has 1 aromatic carbocycles. The minimum atomic E-state index is -0.825. The molecule has 0 saturated carbocycles. The highest BCUT2D eigenvalue weighted by Gasteiger charge is 2.32. The molecule has 6 nitrogen and oxygen atoms in total. The number of imide groups is 1. The largest absolute Gasteiger partial charge is 0.352 e. The van der Waals surface area contributed by atoms with Gasteiger partial charge < -0.3 is 4.74 Å². The summed E-state index contributed by atoms with van der Waals surface area (Å²) in [6.07, 6.45) is -0.825. The van der Waals surface area contributed by atoms with Gasteiger partial charge in [0.05, 0.1) is 5.52 Å². The zero-order valence-electron chi connectivity index (χ0n) is 9.71. The number of rotatable bonds is 1. The molecular weight excluding hydrogens is 234 g/mol. The van der Waals surface area contributed by atoms with Gasteiger partial charge in [0, 0.05) is 12.4 Å². The lowest BCUT2D eigenvalue weighted by atomic mass is 10.1. The van der Waals surface area contributed by atoms with Crippen molar-refractivity contribution in [3.63, 3.8) is 0 Å². The summed E-state index contributed by atoms with van der Waals surface area (Å²) in [6.45, 7) is -0.124. The van der Waals surface area contributed by atoms with Gasteiger partial charge in [-0.2, -0.15) is 5.10 Å². The summed E-state index contributed by atoms with van der Waals surface area (Å²) in [5.41, 5.74) is 1.46. The first kappa shape index (κ1) is 10.9. The van der Waals surface area contributed by atoms with Crippen LogP contribution in [0.15, 0.2) is 24.3 Å². The predicted molar refractivity (Wildman–Crippen MR) is 62.6 cm³/mol. The van der Waals surface area contributed by atoms with Crippen LogP contribution in [0.3, 0.4) is 0 Å². The third-order valence-electron chi connectivity index (χ3n) is 2.92. The maximum atomic E-state index is 11.8. The van der Waals surface area contributed by atoms with Gasteiger partial charge in [0.25, 0.3) is 11.8 Å². The number of fused-ring (bicyclic) bond motifs is 1. The van der Waals surface area contributed by atoms with E-state index in [1.54, 1.807) is 11.7 Å². The number of morpholine rings is 1. The third kappa shape index (κ3) is 1.58. The fourth-order valence-electron chi connectivity index (χ4n) is 2.11. The molecule has 2 heterocycles. The Morgan fingerprint density at radius 1 is 1.39 bits per heavy atom. The highest BCUT2D eigenvalue weighted by molar-refractivity contribution is 6.01. The Morgan fingerprint density at radius 3 is 2.94 bits per heavy atom. The van der Waals surface area contributed by atoms with E-state index in [-0.39, 0.29) is 6.61 Å². The van der Waals surface area contributed by atoms with Crippen LogP contribution < -0.4 is 5.32 Å². The monoisotopic (exact) mass is 245 g/mol. The second-order valence-corrected chi connectivity index (χ2v) is 4.13. The third-order valence-corrected chi connectivity index (χ3v) is 2.92. The van der Waals surface area contributed by atoms with Gasteiger partial charge in [-0.15, -0.1) is 0 Å². The quantitative estimate of drug-likeness (QED) is 0.733. The highest BCUT2D eigenvalue weighted by Crippen LogP contribution is 2.26. The van der Waals surface area contributed by atoms with Gasteiger partial charge in [0.15, 0.2) is 6.10 Å².